The fraction of sp³-hybridized carbons (Fsp3) is 0.286. The SMILES string of the molecule is CCOC(=O)c1c(NC(=O)C(=O)N/N=C/c2cccc(OCc3c(Cl)cccc3Cl)c2)sc2c1CCCCC2. The van der Waals surface area contributed by atoms with E-state index in [2.05, 4.69) is 15.8 Å². The molecule has 1 aliphatic rings. The average molecular weight is 589 g/mol. The number of thiophene rings is 1. The maximum atomic E-state index is 12.7. The maximum Gasteiger partial charge on any atom is 0.341 e. The van der Waals surface area contributed by atoms with Gasteiger partial charge in [0.1, 0.15) is 17.4 Å². The monoisotopic (exact) mass is 587 g/mol. The molecule has 2 N–H and O–H groups in total. The molecule has 0 bridgehead atoms. The maximum absolute atomic E-state index is 12.7. The molecule has 2 amide bonds. The molecule has 0 aliphatic heterocycles. The molecule has 0 atom stereocenters. The Labute approximate surface area is 240 Å². The molecule has 3 aromatic rings. The van der Waals surface area contributed by atoms with Crippen molar-refractivity contribution >= 4 is 63.5 Å². The highest BCUT2D eigenvalue weighted by Gasteiger charge is 2.27. The van der Waals surface area contributed by atoms with E-state index in [0.29, 0.717) is 37.5 Å². The van der Waals surface area contributed by atoms with E-state index in [1.54, 1.807) is 49.4 Å². The van der Waals surface area contributed by atoms with Gasteiger partial charge in [-0.25, -0.2) is 10.2 Å². The second-order valence-corrected chi connectivity index (χ2v) is 10.6. The number of anilines is 1. The molecule has 11 heteroatoms. The summed E-state index contributed by atoms with van der Waals surface area (Å²) in [5.74, 6) is -1.85. The number of rotatable bonds is 8. The third kappa shape index (κ3) is 7.38. The number of amides is 2. The number of hydrazone groups is 1. The Kier molecular flexibility index (Phi) is 9.97. The fourth-order valence-corrected chi connectivity index (χ4v) is 5.92. The molecule has 0 radical (unpaired) electrons. The molecule has 1 heterocycles. The van der Waals surface area contributed by atoms with Crippen molar-refractivity contribution in [2.45, 2.75) is 45.6 Å². The third-order valence-electron chi connectivity index (χ3n) is 6.02. The smallest absolute Gasteiger partial charge is 0.341 e. The number of esters is 1. The molecule has 0 fully saturated rings. The quantitative estimate of drug-likeness (QED) is 0.108. The Morgan fingerprint density at radius 3 is 2.54 bits per heavy atom. The van der Waals surface area contributed by atoms with Crippen LogP contribution >= 0.6 is 34.5 Å². The van der Waals surface area contributed by atoms with E-state index < -0.39 is 17.8 Å². The Hall–Kier alpha value is -3.40. The first kappa shape index (κ1) is 28.6. The lowest BCUT2D eigenvalue weighted by atomic mass is 10.1. The fourth-order valence-electron chi connectivity index (χ4n) is 4.14. The molecule has 4 rings (SSSR count). The van der Waals surface area contributed by atoms with Crippen LogP contribution < -0.4 is 15.5 Å². The first-order valence-corrected chi connectivity index (χ1v) is 14.1. The first-order chi connectivity index (χ1) is 18.9. The van der Waals surface area contributed by atoms with E-state index in [4.69, 9.17) is 32.7 Å². The van der Waals surface area contributed by atoms with E-state index in [-0.39, 0.29) is 13.2 Å². The van der Waals surface area contributed by atoms with Crippen LogP contribution in [0.4, 0.5) is 5.00 Å². The summed E-state index contributed by atoms with van der Waals surface area (Å²) in [6, 6.07) is 12.2. The van der Waals surface area contributed by atoms with Crippen LogP contribution in [-0.2, 0) is 33.8 Å². The zero-order valence-corrected chi connectivity index (χ0v) is 23.5. The highest BCUT2D eigenvalue weighted by molar-refractivity contribution is 7.17. The summed E-state index contributed by atoms with van der Waals surface area (Å²) in [5, 5.41) is 7.81. The van der Waals surface area contributed by atoms with Gasteiger partial charge in [0.2, 0.25) is 0 Å². The van der Waals surface area contributed by atoms with E-state index >= 15 is 0 Å². The van der Waals surface area contributed by atoms with Gasteiger partial charge < -0.3 is 14.8 Å². The van der Waals surface area contributed by atoms with Gasteiger partial charge in [0.05, 0.1) is 18.4 Å². The predicted octanol–water partition coefficient (Wildman–Crippen LogP) is 6.17. The van der Waals surface area contributed by atoms with E-state index in [0.717, 1.165) is 42.5 Å². The number of ether oxygens (including phenoxy) is 2. The van der Waals surface area contributed by atoms with Crippen LogP contribution in [-0.4, -0.2) is 30.6 Å². The molecule has 0 spiro atoms. The largest absolute Gasteiger partial charge is 0.489 e. The van der Waals surface area contributed by atoms with Crippen molar-refractivity contribution in [3.63, 3.8) is 0 Å². The molecule has 0 saturated carbocycles. The second-order valence-electron chi connectivity index (χ2n) is 8.70. The van der Waals surface area contributed by atoms with Crippen molar-refractivity contribution in [3.05, 3.63) is 79.6 Å². The van der Waals surface area contributed by atoms with Crippen LogP contribution in [0.2, 0.25) is 10.0 Å². The molecular weight excluding hydrogens is 561 g/mol. The van der Waals surface area contributed by atoms with E-state index in [9.17, 15) is 14.4 Å². The minimum absolute atomic E-state index is 0.177. The number of aryl methyl sites for hydroxylation is 1. The summed E-state index contributed by atoms with van der Waals surface area (Å²) < 4.78 is 11.0. The Bertz CT molecular complexity index is 1390. The number of fused-ring (bicyclic) bond motifs is 1. The summed E-state index contributed by atoms with van der Waals surface area (Å²) in [6.45, 7) is 2.12. The average Bonchev–Trinajstić information content (AvgIpc) is 3.08. The molecule has 0 unspecified atom stereocenters. The lowest BCUT2D eigenvalue weighted by Crippen LogP contribution is -2.32. The molecule has 1 aromatic heterocycles. The van der Waals surface area contributed by atoms with Gasteiger partial charge in [0, 0.05) is 20.5 Å². The van der Waals surface area contributed by atoms with Crippen LogP contribution in [0.1, 0.15) is 58.1 Å². The number of nitrogens with zero attached hydrogens (tertiary/aromatic N) is 1. The lowest BCUT2D eigenvalue weighted by Gasteiger charge is -2.10. The first-order valence-electron chi connectivity index (χ1n) is 12.5. The van der Waals surface area contributed by atoms with Crippen molar-refractivity contribution in [1.82, 2.24) is 5.43 Å². The van der Waals surface area contributed by atoms with Gasteiger partial charge in [-0.05, 0) is 68.0 Å². The molecular formula is C28H27Cl2N3O5S. The Balaban J connectivity index is 1.37. The minimum atomic E-state index is -0.967. The highest BCUT2D eigenvalue weighted by atomic mass is 35.5. The predicted molar refractivity (Wildman–Crippen MR) is 153 cm³/mol. The third-order valence-corrected chi connectivity index (χ3v) is 7.93. The van der Waals surface area contributed by atoms with Gasteiger partial charge in [-0.3, -0.25) is 9.59 Å². The number of halogens is 2. The standard InChI is InChI=1S/C28H27Cl2N3O5S/c1-2-37-28(36)24-19-10-4-3-5-13-23(19)39-27(24)32-25(34)26(35)33-31-15-17-8-6-9-18(14-17)38-16-20-21(29)11-7-12-22(20)30/h6-9,11-12,14-15H,2-5,10,13,16H2,1H3,(H,32,34)(H,33,35)/b31-15+. The molecule has 39 heavy (non-hydrogen) atoms. The molecule has 204 valence electrons. The number of benzene rings is 2. The van der Waals surface area contributed by atoms with Gasteiger partial charge in [-0.15, -0.1) is 11.3 Å². The summed E-state index contributed by atoms with van der Waals surface area (Å²) in [6.07, 6.45) is 6.00. The summed E-state index contributed by atoms with van der Waals surface area (Å²) in [5.41, 5.74) is 4.77. The van der Waals surface area contributed by atoms with Crippen molar-refractivity contribution in [3.8, 4) is 5.75 Å². The van der Waals surface area contributed by atoms with Gasteiger partial charge in [-0.1, -0.05) is 47.8 Å². The van der Waals surface area contributed by atoms with Crippen molar-refractivity contribution in [2.75, 3.05) is 11.9 Å². The van der Waals surface area contributed by atoms with Gasteiger partial charge in [-0.2, -0.15) is 5.10 Å². The second kappa shape index (κ2) is 13.6. The van der Waals surface area contributed by atoms with Crippen LogP contribution in [0.25, 0.3) is 0 Å². The van der Waals surface area contributed by atoms with Gasteiger partial charge >= 0.3 is 17.8 Å². The number of carbonyl (C=O) groups excluding carboxylic acids is 3. The lowest BCUT2D eigenvalue weighted by molar-refractivity contribution is -0.136. The Morgan fingerprint density at radius 2 is 1.77 bits per heavy atom. The van der Waals surface area contributed by atoms with Gasteiger partial charge in [0.25, 0.3) is 0 Å². The number of hydrogen-bond acceptors (Lipinski definition) is 7. The van der Waals surface area contributed by atoms with Crippen LogP contribution in [0.3, 0.4) is 0 Å². The van der Waals surface area contributed by atoms with Crippen molar-refractivity contribution < 1.29 is 23.9 Å². The normalized spacial score (nSPS) is 12.9. The van der Waals surface area contributed by atoms with Crippen molar-refractivity contribution in [1.29, 1.82) is 0 Å². The topological polar surface area (TPSA) is 106 Å². The number of nitrogens with one attached hydrogen (secondary N) is 2. The molecule has 8 nitrogen and oxygen atoms in total. The molecule has 1 aliphatic carbocycles. The van der Waals surface area contributed by atoms with Crippen LogP contribution in [0, 0.1) is 0 Å². The van der Waals surface area contributed by atoms with E-state index in [1.165, 1.54) is 17.6 Å². The molecule has 0 saturated heterocycles. The Morgan fingerprint density at radius 1 is 1.03 bits per heavy atom. The zero-order chi connectivity index (χ0) is 27.8. The summed E-state index contributed by atoms with van der Waals surface area (Å²) >= 11 is 13.7. The van der Waals surface area contributed by atoms with Crippen molar-refractivity contribution in [2.24, 2.45) is 5.10 Å². The number of carbonyl (C=O) groups is 3. The van der Waals surface area contributed by atoms with Gasteiger partial charge in [0.15, 0.2) is 0 Å². The van der Waals surface area contributed by atoms with E-state index in [1.807, 2.05) is 0 Å². The highest BCUT2D eigenvalue weighted by Crippen LogP contribution is 2.38. The van der Waals surface area contributed by atoms with Crippen LogP contribution in [0.15, 0.2) is 47.6 Å². The van der Waals surface area contributed by atoms with Crippen LogP contribution in [0.5, 0.6) is 5.75 Å². The number of hydrogen-bond donors (Lipinski definition) is 2. The summed E-state index contributed by atoms with van der Waals surface area (Å²) in [7, 11) is 0. The summed E-state index contributed by atoms with van der Waals surface area (Å²) in [4.78, 5) is 38.8. The zero-order valence-electron chi connectivity index (χ0n) is 21.2. The minimum Gasteiger partial charge on any atom is -0.489 e. The molecule has 2 aromatic carbocycles.